The number of benzene rings is 1. The van der Waals surface area contributed by atoms with Crippen LogP contribution in [0.1, 0.15) is 38.9 Å². The van der Waals surface area contributed by atoms with Crippen molar-refractivity contribution in [2.45, 2.75) is 43.1 Å². The molecule has 2 amide bonds. The number of aromatic nitrogens is 1. The van der Waals surface area contributed by atoms with E-state index in [0.717, 1.165) is 10.8 Å². The maximum absolute atomic E-state index is 14.1. The first-order chi connectivity index (χ1) is 16.9. The number of carbonyl (C=O) groups is 2. The van der Waals surface area contributed by atoms with E-state index in [-0.39, 0.29) is 29.9 Å². The van der Waals surface area contributed by atoms with Crippen LogP contribution in [-0.4, -0.2) is 50.4 Å². The molecule has 188 valence electrons. The lowest BCUT2D eigenvalue weighted by atomic mass is 10.0. The Hall–Kier alpha value is -3.48. The van der Waals surface area contributed by atoms with Crippen molar-refractivity contribution in [3.05, 3.63) is 63.1 Å². The molecule has 3 unspecified atom stereocenters. The summed E-state index contributed by atoms with van der Waals surface area (Å²) in [5.41, 5.74) is -3.96. The Morgan fingerprint density at radius 1 is 1.22 bits per heavy atom. The smallest absolute Gasteiger partial charge is 0.412 e. The molecule has 4 aliphatic carbocycles. The highest BCUT2D eigenvalue weighted by Crippen LogP contribution is 2.88. The average Bonchev–Trinajstić information content (AvgIpc) is 3.64. The summed E-state index contributed by atoms with van der Waals surface area (Å²) in [6.07, 6.45) is -4.30. The van der Waals surface area contributed by atoms with E-state index < -0.39 is 64.2 Å². The lowest BCUT2D eigenvalue weighted by molar-refractivity contribution is -0.155. The predicted molar refractivity (Wildman–Crippen MR) is 108 cm³/mol. The number of ether oxygens (including phenoxy) is 1. The fourth-order valence-electron chi connectivity index (χ4n) is 6.84. The van der Waals surface area contributed by atoms with Gasteiger partial charge >= 0.3 is 6.18 Å². The number of pyridine rings is 1. The number of carbonyl (C=O) groups excluding carboxylic acids is 2. The molecule has 1 spiro atoms. The topological polar surface area (TPSA) is 101 Å². The van der Waals surface area contributed by atoms with E-state index in [1.165, 1.54) is 0 Å². The van der Waals surface area contributed by atoms with Crippen LogP contribution < -0.4 is 10.7 Å². The van der Waals surface area contributed by atoms with Crippen LogP contribution in [-0.2, 0) is 11.3 Å². The lowest BCUT2D eigenvalue weighted by Crippen LogP contribution is -2.59. The second-order valence-electron chi connectivity index (χ2n) is 9.96. The van der Waals surface area contributed by atoms with Gasteiger partial charge in [-0.3, -0.25) is 14.4 Å². The molecule has 3 bridgehead atoms. The van der Waals surface area contributed by atoms with E-state index in [2.05, 4.69) is 0 Å². The normalized spacial score (nSPS) is 33.4. The van der Waals surface area contributed by atoms with Crippen LogP contribution >= 0.6 is 0 Å². The van der Waals surface area contributed by atoms with Gasteiger partial charge in [0.2, 0.25) is 5.43 Å². The molecule has 0 radical (unpaired) electrons. The molecule has 36 heavy (non-hydrogen) atoms. The molecule has 1 saturated heterocycles. The number of hydrogen-bond acceptors (Lipinski definition) is 5. The van der Waals surface area contributed by atoms with Gasteiger partial charge in [0.1, 0.15) is 17.2 Å². The molecule has 4 saturated carbocycles. The van der Waals surface area contributed by atoms with Gasteiger partial charge in [0.05, 0.1) is 18.2 Å². The highest BCUT2D eigenvalue weighted by atomic mass is 19.4. The summed E-state index contributed by atoms with van der Waals surface area (Å²) < 4.78 is 75.6. The summed E-state index contributed by atoms with van der Waals surface area (Å²) in [7, 11) is 0. The number of nitrogens with one attached hydrogen (secondary N) is 1. The molecule has 1 aromatic carbocycles. The summed E-state index contributed by atoms with van der Waals surface area (Å²) in [6, 6.07) is -1.53. The van der Waals surface area contributed by atoms with Crippen LogP contribution in [0.25, 0.3) is 0 Å². The summed E-state index contributed by atoms with van der Waals surface area (Å²) in [4.78, 5) is 40.4. The second kappa shape index (κ2) is 6.44. The first-order valence-electron chi connectivity index (χ1n) is 11.2. The third kappa shape index (κ3) is 2.53. The molecule has 1 aromatic heterocycles. The number of halogens is 5. The van der Waals surface area contributed by atoms with E-state index in [1.807, 2.05) is 0 Å². The lowest BCUT2D eigenvalue weighted by Gasteiger charge is -2.45. The molecule has 2 aliphatic heterocycles. The quantitative estimate of drug-likeness (QED) is 0.618. The van der Waals surface area contributed by atoms with Crippen molar-refractivity contribution in [3.8, 4) is 5.75 Å². The van der Waals surface area contributed by atoms with Gasteiger partial charge in [-0.2, -0.15) is 13.2 Å². The van der Waals surface area contributed by atoms with Gasteiger partial charge in [-0.15, -0.1) is 0 Å². The monoisotopic (exact) mass is 509 g/mol. The predicted octanol–water partition coefficient (Wildman–Crippen LogP) is 2.06. The van der Waals surface area contributed by atoms with Gasteiger partial charge in [0.25, 0.3) is 11.8 Å². The molecule has 7 atom stereocenters. The van der Waals surface area contributed by atoms with E-state index in [0.29, 0.717) is 36.3 Å². The van der Waals surface area contributed by atoms with Gasteiger partial charge < -0.3 is 24.6 Å². The minimum atomic E-state index is -5.20. The van der Waals surface area contributed by atoms with Crippen molar-refractivity contribution < 1.29 is 41.4 Å². The highest BCUT2D eigenvalue weighted by molar-refractivity contribution is 6.00. The van der Waals surface area contributed by atoms with Gasteiger partial charge in [0.15, 0.2) is 23.7 Å². The number of amides is 2. The minimum absolute atomic E-state index is 0.00416. The number of alkyl halides is 3. The molecule has 3 heterocycles. The maximum Gasteiger partial charge on any atom is 0.412 e. The zero-order valence-corrected chi connectivity index (χ0v) is 18.1. The van der Waals surface area contributed by atoms with Crippen LogP contribution in [0.3, 0.4) is 0 Å². The zero-order valence-electron chi connectivity index (χ0n) is 18.1. The Bertz CT molecular complexity index is 1440. The largest absolute Gasteiger partial charge is 0.503 e. The minimum Gasteiger partial charge on any atom is -0.503 e. The molecular weight excluding hydrogens is 493 g/mol. The third-order valence-electron chi connectivity index (χ3n) is 8.30. The van der Waals surface area contributed by atoms with Crippen LogP contribution in [0, 0.1) is 29.4 Å². The summed E-state index contributed by atoms with van der Waals surface area (Å²) in [5.74, 6) is -4.81. The Morgan fingerprint density at radius 2 is 1.94 bits per heavy atom. The van der Waals surface area contributed by atoms with Gasteiger partial charge in [0, 0.05) is 17.8 Å². The van der Waals surface area contributed by atoms with Crippen LogP contribution in [0.5, 0.6) is 5.75 Å². The first kappa shape index (κ1) is 21.8. The number of aromatic hydroxyl groups is 1. The van der Waals surface area contributed by atoms with E-state index in [4.69, 9.17) is 4.74 Å². The van der Waals surface area contributed by atoms with Gasteiger partial charge in [-0.1, -0.05) is 6.07 Å². The Labute approximate surface area is 198 Å². The number of nitrogens with zero attached hydrogens (tertiary/aromatic N) is 2. The van der Waals surface area contributed by atoms with Gasteiger partial charge in [-0.25, -0.2) is 8.78 Å². The standard InChI is InChI=1S/C23H16F5N3O5/c24-7-1-2-8(10(25)3-7)19(23(26,27)28)29-20(34)9-5-30-6-12-31(21(35)16(30)18(33)17(9)32)22-4-11(36-12)13-14(22)15(13)22/h1-3,5,11-15,19,33H,4,6H2,(H,29,34)/t11?,12-,13-,14?,15-,19+,22?/m1/s1. The van der Waals surface area contributed by atoms with E-state index in [9.17, 15) is 41.4 Å². The fourth-order valence-corrected chi connectivity index (χ4v) is 6.84. The Balaban J connectivity index is 1.24. The summed E-state index contributed by atoms with van der Waals surface area (Å²) in [6.45, 7) is -0.0328. The summed E-state index contributed by atoms with van der Waals surface area (Å²) in [5, 5.41) is 12.1. The number of rotatable bonds is 3. The van der Waals surface area contributed by atoms with Crippen molar-refractivity contribution in [1.29, 1.82) is 0 Å². The van der Waals surface area contributed by atoms with E-state index in [1.54, 1.807) is 10.2 Å². The molecule has 5 fully saturated rings. The molecule has 2 aromatic rings. The van der Waals surface area contributed by atoms with Crippen molar-refractivity contribution >= 4 is 11.8 Å². The average molecular weight is 509 g/mol. The van der Waals surface area contributed by atoms with Crippen LogP contribution in [0.15, 0.2) is 29.2 Å². The molecule has 8 nitrogen and oxygen atoms in total. The molecular formula is C23H16F5N3O5. The van der Waals surface area contributed by atoms with E-state index >= 15 is 0 Å². The second-order valence-corrected chi connectivity index (χ2v) is 9.96. The third-order valence-corrected chi connectivity index (χ3v) is 8.30. The number of hydrogen-bond donors (Lipinski definition) is 2. The van der Waals surface area contributed by atoms with Crippen LogP contribution in [0.2, 0.25) is 0 Å². The van der Waals surface area contributed by atoms with Crippen LogP contribution in [0.4, 0.5) is 22.0 Å². The Kier molecular flexibility index (Phi) is 3.90. The Morgan fingerprint density at radius 3 is 2.61 bits per heavy atom. The fraction of sp³-hybridized carbons (Fsp3) is 0.435. The van der Waals surface area contributed by atoms with Crippen molar-refractivity contribution in [3.63, 3.8) is 0 Å². The highest BCUT2D eigenvalue weighted by Gasteiger charge is 2.95. The maximum atomic E-state index is 14.1. The molecule has 13 heteroatoms. The SMILES string of the molecule is O=C(N[C@@H](c1ccc(F)cc1F)C(F)(F)F)c1cn2c(c(O)c1=O)C(=O)N1[C@@H](C2)OC2CC13C1[C@@H]2[C@H]13. The van der Waals surface area contributed by atoms with Crippen molar-refractivity contribution in [1.82, 2.24) is 14.8 Å². The summed E-state index contributed by atoms with van der Waals surface area (Å²) >= 11 is 0. The van der Waals surface area contributed by atoms with Crippen molar-refractivity contribution in [2.75, 3.05) is 0 Å². The number of fused-ring (bicyclic) bond motifs is 2. The van der Waals surface area contributed by atoms with Crippen molar-refractivity contribution in [2.24, 2.45) is 17.8 Å². The molecule has 6 aliphatic rings. The van der Waals surface area contributed by atoms with Gasteiger partial charge in [-0.05, 0) is 30.2 Å². The molecule has 2 N–H and O–H groups in total. The first-order valence-corrected chi connectivity index (χ1v) is 11.2. The molecule has 8 rings (SSSR count). The zero-order chi connectivity index (χ0) is 25.5.